The third kappa shape index (κ3) is 4.07. The molecule has 1 saturated heterocycles. The van der Waals surface area contributed by atoms with Crippen LogP contribution in [0.4, 0.5) is 5.69 Å². The number of amides is 1. The number of carbonyl (C=O) groups excluding carboxylic acids is 1. The Hall–Kier alpha value is -3.13. The van der Waals surface area contributed by atoms with Crippen molar-refractivity contribution in [3.05, 3.63) is 54.1 Å². The van der Waals surface area contributed by atoms with Crippen LogP contribution in [0.2, 0.25) is 0 Å². The molecule has 0 saturated carbocycles. The Morgan fingerprint density at radius 1 is 1.18 bits per heavy atom. The highest BCUT2D eigenvalue weighted by atomic mass is 16.5. The van der Waals surface area contributed by atoms with Gasteiger partial charge in [0.2, 0.25) is 11.7 Å². The molecule has 3 heterocycles. The van der Waals surface area contributed by atoms with Crippen molar-refractivity contribution in [1.82, 2.24) is 15.0 Å². The third-order valence-corrected chi connectivity index (χ3v) is 4.49. The van der Waals surface area contributed by atoms with E-state index in [0.29, 0.717) is 42.7 Å². The van der Waals surface area contributed by atoms with E-state index in [1.807, 2.05) is 43.0 Å². The Bertz CT molecular complexity index is 910. The molecule has 1 N–H and O–H groups in total. The van der Waals surface area contributed by atoms with Crippen molar-refractivity contribution in [2.75, 3.05) is 18.4 Å². The average molecular weight is 382 g/mol. The average Bonchev–Trinajstić information content (AvgIpc) is 3.37. The number of benzene rings is 1. The van der Waals surface area contributed by atoms with Crippen LogP contribution < -0.4 is 5.32 Å². The van der Waals surface area contributed by atoms with Gasteiger partial charge < -0.3 is 23.9 Å². The molecule has 1 amide bonds. The van der Waals surface area contributed by atoms with E-state index in [4.69, 9.17) is 13.7 Å². The molecule has 2 atom stereocenters. The van der Waals surface area contributed by atoms with Crippen molar-refractivity contribution < 1.29 is 18.5 Å². The van der Waals surface area contributed by atoms with Crippen LogP contribution >= 0.6 is 0 Å². The predicted molar refractivity (Wildman–Crippen MR) is 102 cm³/mol. The number of carbonyl (C=O) groups is 1. The normalized spacial score (nSPS) is 19.6. The van der Waals surface area contributed by atoms with E-state index in [-0.39, 0.29) is 18.1 Å². The lowest BCUT2D eigenvalue weighted by Crippen LogP contribution is -2.48. The van der Waals surface area contributed by atoms with Crippen molar-refractivity contribution in [2.45, 2.75) is 32.6 Å². The fourth-order valence-corrected chi connectivity index (χ4v) is 3.27. The van der Waals surface area contributed by atoms with Crippen molar-refractivity contribution in [3.63, 3.8) is 0 Å². The molecule has 1 fully saturated rings. The van der Waals surface area contributed by atoms with Crippen LogP contribution in [0, 0.1) is 0 Å². The summed E-state index contributed by atoms with van der Waals surface area (Å²) in [4.78, 5) is 18.8. The number of anilines is 1. The van der Waals surface area contributed by atoms with Crippen LogP contribution in [0.5, 0.6) is 0 Å². The van der Waals surface area contributed by atoms with E-state index in [1.54, 1.807) is 18.4 Å². The van der Waals surface area contributed by atoms with Crippen LogP contribution in [0.3, 0.4) is 0 Å². The molecule has 4 rings (SSSR count). The van der Waals surface area contributed by atoms with Crippen molar-refractivity contribution >= 4 is 11.6 Å². The van der Waals surface area contributed by atoms with Gasteiger partial charge in [0.1, 0.15) is 0 Å². The van der Waals surface area contributed by atoms with Crippen molar-refractivity contribution in [1.29, 1.82) is 0 Å². The van der Waals surface area contributed by atoms with Gasteiger partial charge in [0.05, 0.1) is 25.0 Å². The number of aromatic nitrogens is 2. The second-order valence-corrected chi connectivity index (χ2v) is 6.89. The van der Waals surface area contributed by atoms with E-state index in [9.17, 15) is 4.79 Å². The fourth-order valence-electron chi connectivity index (χ4n) is 3.27. The van der Waals surface area contributed by atoms with Crippen molar-refractivity contribution in [2.24, 2.45) is 0 Å². The number of furan rings is 1. The summed E-state index contributed by atoms with van der Waals surface area (Å²) in [5.41, 5.74) is 1.52. The minimum absolute atomic E-state index is 0.0218. The van der Waals surface area contributed by atoms with E-state index in [1.165, 1.54) is 0 Å². The molecule has 0 bridgehead atoms. The van der Waals surface area contributed by atoms with Crippen LogP contribution in [0.25, 0.3) is 11.6 Å². The summed E-state index contributed by atoms with van der Waals surface area (Å²) in [6.07, 6.45) is 1.66. The first kappa shape index (κ1) is 18.2. The highest BCUT2D eigenvalue weighted by Crippen LogP contribution is 2.18. The first-order valence-corrected chi connectivity index (χ1v) is 9.23. The quantitative estimate of drug-likeness (QED) is 0.724. The maximum Gasteiger partial charge on any atom is 0.254 e. The highest BCUT2D eigenvalue weighted by molar-refractivity contribution is 5.94. The van der Waals surface area contributed by atoms with Gasteiger partial charge in [0, 0.05) is 24.3 Å². The monoisotopic (exact) mass is 382 g/mol. The molecular formula is C20H22N4O4. The third-order valence-electron chi connectivity index (χ3n) is 4.49. The van der Waals surface area contributed by atoms with E-state index in [2.05, 4.69) is 15.5 Å². The first-order chi connectivity index (χ1) is 13.6. The molecule has 2 unspecified atom stereocenters. The van der Waals surface area contributed by atoms with E-state index < -0.39 is 0 Å². The molecule has 0 radical (unpaired) electrons. The van der Waals surface area contributed by atoms with Gasteiger partial charge in [-0.2, -0.15) is 4.98 Å². The summed E-state index contributed by atoms with van der Waals surface area (Å²) in [5.74, 6) is 1.44. The van der Waals surface area contributed by atoms with Crippen LogP contribution in [0.1, 0.15) is 30.1 Å². The molecular weight excluding hydrogens is 360 g/mol. The zero-order chi connectivity index (χ0) is 19.5. The lowest BCUT2D eigenvalue weighted by molar-refractivity contribution is -0.0586. The number of morpholine rings is 1. The molecule has 3 aromatic rings. The van der Waals surface area contributed by atoms with E-state index >= 15 is 0 Å². The second kappa shape index (κ2) is 7.85. The molecule has 8 nitrogen and oxygen atoms in total. The zero-order valence-electron chi connectivity index (χ0n) is 15.8. The molecule has 1 aliphatic heterocycles. The molecule has 0 aliphatic carbocycles. The Morgan fingerprint density at radius 3 is 2.61 bits per heavy atom. The van der Waals surface area contributed by atoms with Gasteiger partial charge in [-0.25, -0.2) is 0 Å². The minimum atomic E-state index is 0.0218. The van der Waals surface area contributed by atoms with Crippen LogP contribution in [-0.2, 0) is 11.3 Å². The van der Waals surface area contributed by atoms with Gasteiger partial charge in [0.25, 0.3) is 5.91 Å². The number of hydrogen-bond acceptors (Lipinski definition) is 7. The maximum atomic E-state index is 12.7. The summed E-state index contributed by atoms with van der Waals surface area (Å²) in [7, 11) is 0. The summed E-state index contributed by atoms with van der Waals surface area (Å²) in [6, 6.07) is 10.9. The number of nitrogens with one attached hydrogen (secondary N) is 1. The fraction of sp³-hybridized carbons (Fsp3) is 0.350. The summed E-state index contributed by atoms with van der Waals surface area (Å²) in [5, 5.41) is 7.10. The van der Waals surface area contributed by atoms with Gasteiger partial charge in [-0.1, -0.05) is 5.16 Å². The molecule has 1 aliphatic rings. The molecule has 28 heavy (non-hydrogen) atoms. The first-order valence-electron chi connectivity index (χ1n) is 9.23. The van der Waals surface area contributed by atoms with Gasteiger partial charge in [-0.05, 0) is 50.2 Å². The largest absolute Gasteiger partial charge is 0.461 e. The van der Waals surface area contributed by atoms with Gasteiger partial charge in [-0.15, -0.1) is 0 Å². The van der Waals surface area contributed by atoms with Gasteiger partial charge in [-0.3, -0.25) is 4.79 Å². The number of rotatable bonds is 5. The zero-order valence-corrected chi connectivity index (χ0v) is 15.8. The molecule has 8 heteroatoms. The molecule has 146 valence electrons. The number of ether oxygens (including phenoxy) is 1. The summed E-state index contributed by atoms with van der Waals surface area (Å²) < 4.78 is 16.2. The SMILES string of the molecule is CC1CN(C(=O)c2ccc(NCc3nc(-c4ccco4)no3)cc2)CC(C)O1. The van der Waals surface area contributed by atoms with E-state index in [0.717, 1.165) is 5.69 Å². The summed E-state index contributed by atoms with van der Waals surface area (Å²) in [6.45, 7) is 5.56. The van der Waals surface area contributed by atoms with Crippen LogP contribution in [0.15, 0.2) is 51.6 Å². The molecule has 2 aromatic heterocycles. The van der Waals surface area contributed by atoms with Crippen LogP contribution in [-0.4, -0.2) is 46.2 Å². The second-order valence-electron chi connectivity index (χ2n) is 6.89. The highest BCUT2D eigenvalue weighted by Gasteiger charge is 2.26. The Labute approximate surface area is 162 Å². The number of hydrogen-bond donors (Lipinski definition) is 1. The van der Waals surface area contributed by atoms with Crippen molar-refractivity contribution in [3.8, 4) is 11.6 Å². The van der Waals surface area contributed by atoms with Gasteiger partial charge >= 0.3 is 0 Å². The standard InChI is InChI=1S/C20H22N4O4/c1-13-11-24(12-14(2)27-13)20(25)15-5-7-16(8-6-15)21-10-18-22-19(23-28-18)17-4-3-9-26-17/h3-9,13-14,21H,10-12H2,1-2H3. The van der Waals surface area contributed by atoms with Gasteiger partial charge in [0.15, 0.2) is 5.76 Å². The molecule has 1 aromatic carbocycles. The topological polar surface area (TPSA) is 93.6 Å². The summed E-state index contributed by atoms with van der Waals surface area (Å²) >= 11 is 0. The maximum absolute atomic E-state index is 12.7. The lowest BCUT2D eigenvalue weighted by atomic mass is 10.1. The lowest BCUT2D eigenvalue weighted by Gasteiger charge is -2.35. The Balaban J connectivity index is 1.35. The molecule has 0 spiro atoms. The minimum Gasteiger partial charge on any atom is -0.461 e. The smallest absolute Gasteiger partial charge is 0.254 e. The predicted octanol–water partition coefficient (Wildman–Crippen LogP) is 3.19. The number of nitrogens with zero attached hydrogens (tertiary/aromatic N) is 3. The Kier molecular flexibility index (Phi) is 5.12. The Morgan fingerprint density at radius 2 is 1.93 bits per heavy atom.